The smallest absolute Gasteiger partial charge is 0.310 e. The molecule has 0 N–H and O–H groups in total. The summed E-state index contributed by atoms with van der Waals surface area (Å²) >= 11 is 3.47. The lowest BCUT2D eigenvalue weighted by Crippen LogP contribution is -2.09. The fraction of sp³-hybridized carbons (Fsp3) is 0.350. The molecule has 1 aliphatic carbocycles. The highest BCUT2D eigenvalue weighted by Crippen LogP contribution is 2.45. The first-order chi connectivity index (χ1) is 12.0. The number of aryl methyl sites for hydroxylation is 1. The van der Waals surface area contributed by atoms with Crippen molar-refractivity contribution in [2.75, 3.05) is 0 Å². The molecule has 3 nitrogen and oxygen atoms in total. The lowest BCUT2D eigenvalue weighted by atomic mass is 10.1. The van der Waals surface area contributed by atoms with Crippen LogP contribution in [0, 0.1) is 12.7 Å². The van der Waals surface area contributed by atoms with Crippen LogP contribution in [0.2, 0.25) is 0 Å². The molecule has 2 aromatic carbocycles. The number of hydrogen-bond donors (Lipinski definition) is 0. The maximum absolute atomic E-state index is 14.0. The molecule has 0 bridgehead atoms. The first-order valence-corrected chi connectivity index (χ1v) is 9.19. The molecular formula is C20H20BrFO3. The summed E-state index contributed by atoms with van der Waals surface area (Å²) in [5, 5.41) is 0. The predicted molar refractivity (Wildman–Crippen MR) is 97.5 cm³/mol. The highest BCUT2D eigenvalue weighted by molar-refractivity contribution is 9.10. The summed E-state index contributed by atoms with van der Waals surface area (Å²) in [4.78, 5) is 11.6. The zero-order valence-electron chi connectivity index (χ0n) is 14.3. The minimum absolute atomic E-state index is 0.190. The van der Waals surface area contributed by atoms with E-state index in [2.05, 4.69) is 15.9 Å². The van der Waals surface area contributed by atoms with Crippen molar-refractivity contribution in [2.24, 2.45) is 0 Å². The average Bonchev–Trinajstić information content (AvgIpc) is 3.42. The van der Waals surface area contributed by atoms with Crippen molar-refractivity contribution in [2.45, 2.75) is 45.6 Å². The summed E-state index contributed by atoms with van der Waals surface area (Å²) in [6, 6.07) is 8.72. The maximum Gasteiger partial charge on any atom is 0.310 e. The lowest BCUT2D eigenvalue weighted by molar-refractivity contribution is -0.134. The van der Waals surface area contributed by atoms with Gasteiger partial charge >= 0.3 is 5.97 Å². The number of rotatable bonds is 6. The molecule has 25 heavy (non-hydrogen) atoms. The van der Waals surface area contributed by atoms with Gasteiger partial charge in [-0.2, -0.15) is 0 Å². The van der Waals surface area contributed by atoms with Gasteiger partial charge in [0.1, 0.15) is 23.9 Å². The largest absolute Gasteiger partial charge is 0.488 e. The number of carbonyl (C=O) groups is 1. The van der Waals surface area contributed by atoms with Crippen molar-refractivity contribution in [3.63, 3.8) is 0 Å². The average molecular weight is 407 g/mol. The third kappa shape index (κ3) is 4.21. The molecule has 0 saturated heterocycles. The Hall–Kier alpha value is -1.88. The van der Waals surface area contributed by atoms with E-state index < -0.39 is 0 Å². The van der Waals surface area contributed by atoms with Crippen LogP contribution >= 0.6 is 15.9 Å². The predicted octanol–water partition coefficient (Wildman–Crippen LogP) is 5.67. The van der Waals surface area contributed by atoms with E-state index in [1.807, 2.05) is 12.1 Å². The molecule has 0 atom stereocenters. The van der Waals surface area contributed by atoms with Crippen LogP contribution in [0.15, 0.2) is 34.8 Å². The van der Waals surface area contributed by atoms with Crippen molar-refractivity contribution in [1.82, 2.24) is 0 Å². The molecule has 5 heteroatoms. The molecule has 1 aliphatic rings. The van der Waals surface area contributed by atoms with Crippen LogP contribution in [0.5, 0.6) is 11.5 Å². The molecular weight excluding hydrogens is 387 g/mol. The molecule has 0 spiro atoms. The Balaban J connectivity index is 1.85. The number of esters is 1. The summed E-state index contributed by atoms with van der Waals surface area (Å²) in [6.45, 7) is 3.70. The second-order valence-corrected chi connectivity index (χ2v) is 7.10. The number of halogens is 2. The van der Waals surface area contributed by atoms with Gasteiger partial charge in [-0.1, -0.05) is 28.9 Å². The van der Waals surface area contributed by atoms with E-state index in [1.165, 1.54) is 6.07 Å². The first-order valence-electron chi connectivity index (χ1n) is 8.40. The van der Waals surface area contributed by atoms with E-state index in [9.17, 15) is 9.18 Å². The van der Waals surface area contributed by atoms with Gasteiger partial charge in [0.2, 0.25) is 0 Å². The van der Waals surface area contributed by atoms with E-state index in [4.69, 9.17) is 9.47 Å². The Kier molecular flexibility index (Phi) is 5.42. The summed E-state index contributed by atoms with van der Waals surface area (Å²) in [6.07, 6.45) is 2.51. The van der Waals surface area contributed by atoms with Crippen molar-refractivity contribution in [3.8, 4) is 11.5 Å². The summed E-state index contributed by atoms with van der Waals surface area (Å²) in [7, 11) is 0. The SMILES string of the molecule is CCC(=O)Oc1cccc(Br)c1COc1cc(F)c(C)cc1C1CC1. The highest BCUT2D eigenvalue weighted by Gasteiger charge is 2.28. The Morgan fingerprint density at radius 1 is 1.28 bits per heavy atom. The van der Waals surface area contributed by atoms with E-state index in [0.717, 1.165) is 28.4 Å². The van der Waals surface area contributed by atoms with Gasteiger partial charge in [0.25, 0.3) is 0 Å². The monoisotopic (exact) mass is 406 g/mol. The van der Waals surface area contributed by atoms with Gasteiger partial charge in [-0.05, 0) is 55.0 Å². The molecule has 1 fully saturated rings. The Labute approximate surface area is 155 Å². The number of benzene rings is 2. The molecule has 0 amide bonds. The van der Waals surface area contributed by atoms with Gasteiger partial charge in [-0.15, -0.1) is 0 Å². The normalized spacial score (nSPS) is 13.6. The summed E-state index contributed by atoms with van der Waals surface area (Å²) < 4.78 is 26.1. The van der Waals surface area contributed by atoms with Crippen LogP contribution in [0.1, 0.15) is 48.8 Å². The molecule has 0 aliphatic heterocycles. The van der Waals surface area contributed by atoms with Crippen LogP contribution in [-0.2, 0) is 11.4 Å². The van der Waals surface area contributed by atoms with Crippen LogP contribution in [-0.4, -0.2) is 5.97 Å². The van der Waals surface area contributed by atoms with Crippen molar-refractivity contribution < 1.29 is 18.7 Å². The van der Waals surface area contributed by atoms with Crippen molar-refractivity contribution >= 4 is 21.9 Å². The third-order valence-corrected chi connectivity index (χ3v) is 5.01. The Morgan fingerprint density at radius 2 is 2.04 bits per heavy atom. The molecule has 0 heterocycles. The number of hydrogen-bond acceptors (Lipinski definition) is 3. The van der Waals surface area contributed by atoms with Gasteiger partial charge in [-0.25, -0.2) is 4.39 Å². The second kappa shape index (κ2) is 7.56. The maximum atomic E-state index is 14.0. The minimum Gasteiger partial charge on any atom is -0.488 e. The Bertz CT molecular complexity index is 800. The van der Waals surface area contributed by atoms with Crippen molar-refractivity contribution in [1.29, 1.82) is 0 Å². The van der Waals surface area contributed by atoms with E-state index in [0.29, 0.717) is 29.4 Å². The summed E-state index contributed by atoms with van der Waals surface area (Å²) in [5.41, 5.74) is 2.41. The molecule has 2 aromatic rings. The van der Waals surface area contributed by atoms with Crippen LogP contribution < -0.4 is 9.47 Å². The quantitative estimate of drug-likeness (QED) is 0.457. The van der Waals surface area contributed by atoms with Crippen LogP contribution in [0.25, 0.3) is 0 Å². The molecule has 3 rings (SSSR count). The van der Waals surface area contributed by atoms with E-state index in [1.54, 1.807) is 26.0 Å². The fourth-order valence-corrected chi connectivity index (χ4v) is 3.11. The third-order valence-electron chi connectivity index (χ3n) is 4.27. The number of carbonyl (C=O) groups excluding carboxylic acids is 1. The molecule has 132 valence electrons. The van der Waals surface area contributed by atoms with E-state index >= 15 is 0 Å². The minimum atomic E-state index is -0.306. The number of ether oxygens (including phenoxy) is 2. The van der Waals surface area contributed by atoms with Gasteiger partial charge in [0.05, 0.1) is 0 Å². The highest BCUT2D eigenvalue weighted by atomic mass is 79.9. The van der Waals surface area contributed by atoms with Crippen molar-refractivity contribution in [3.05, 3.63) is 57.3 Å². The topological polar surface area (TPSA) is 35.5 Å². The zero-order valence-corrected chi connectivity index (χ0v) is 15.9. The van der Waals surface area contributed by atoms with Gasteiger partial charge in [0.15, 0.2) is 0 Å². The van der Waals surface area contributed by atoms with Crippen LogP contribution in [0.3, 0.4) is 0 Å². The Morgan fingerprint density at radius 3 is 2.72 bits per heavy atom. The fourth-order valence-electron chi connectivity index (χ4n) is 2.64. The summed E-state index contributed by atoms with van der Waals surface area (Å²) in [5.74, 6) is 0.894. The zero-order chi connectivity index (χ0) is 18.0. The van der Waals surface area contributed by atoms with Gasteiger partial charge in [-0.3, -0.25) is 4.79 Å². The lowest BCUT2D eigenvalue weighted by Gasteiger charge is -2.15. The standard InChI is InChI=1S/C20H20BrFO3/c1-3-20(23)25-18-6-4-5-16(21)15(18)11-24-19-10-17(22)12(2)9-14(19)13-7-8-13/h4-6,9-10,13H,3,7-8,11H2,1-2H3. The molecule has 1 saturated carbocycles. The molecule has 0 radical (unpaired) electrons. The first kappa shape index (κ1) is 17.9. The molecule has 0 unspecified atom stereocenters. The van der Waals surface area contributed by atoms with Gasteiger partial charge < -0.3 is 9.47 Å². The van der Waals surface area contributed by atoms with E-state index in [-0.39, 0.29) is 18.4 Å². The molecule has 0 aromatic heterocycles. The van der Waals surface area contributed by atoms with Crippen LogP contribution in [0.4, 0.5) is 4.39 Å². The van der Waals surface area contributed by atoms with Gasteiger partial charge in [0, 0.05) is 22.5 Å². The second-order valence-electron chi connectivity index (χ2n) is 6.25.